The van der Waals surface area contributed by atoms with Crippen LogP contribution in [0.1, 0.15) is 40.5 Å². The van der Waals surface area contributed by atoms with Gasteiger partial charge in [-0.05, 0) is 24.0 Å². The Hall–Kier alpha value is -0.260. The lowest BCUT2D eigenvalue weighted by molar-refractivity contribution is -0.118. The molecule has 3 rings (SSSR count). The molecule has 0 aromatic heterocycles. The first-order chi connectivity index (χ1) is 10.8. The lowest BCUT2D eigenvalue weighted by Crippen LogP contribution is -2.42. The van der Waals surface area contributed by atoms with Crippen molar-refractivity contribution >= 4 is 17.7 Å². The molecule has 1 amide bonds. The van der Waals surface area contributed by atoms with Crippen LogP contribution in [0.5, 0.6) is 0 Å². The van der Waals surface area contributed by atoms with E-state index < -0.39 is 0 Å². The van der Waals surface area contributed by atoms with Gasteiger partial charge in [-0.2, -0.15) is 11.8 Å². The van der Waals surface area contributed by atoms with E-state index in [1.165, 1.54) is 12.8 Å². The number of likely N-dealkylation sites (tertiary alicyclic amines) is 1. The quantitative estimate of drug-likeness (QED) is 0.806. The zero-order valence-electron chi connectivity index (χ0n) is 15.1. The topological polar surface area (TPSA) is 41.6 Å². The third-order valence-electron chi connectivity index (χ3n) is 5.52. The molecule has 0 unspecified atom stereocenters. The molecule has 23 heavy (non-hydrogen) atoms. The molecule has 5 heteroatoms. The minimum Gasteiger partial charge on any atom is -0.370 e. The summed E-state index contributed by atoms with van der Waals surface area (Å²) in [6, 6.07) is 0. The molecule has 0 saturated carbocycles. The monoisotopic (exact) mass is 340 g/mol. The Morgan fingerprint density at radius 1 is 1.43 bits per heavy atom. The van der Waals surface area contributed by atoms with Gasteiger partial charge in [0.25, 0.3) is 0 Å². The number of hydrogen-bond acceptors (Lipinski definition) is 4. The summed E-state index contributed by atoms with van der Waals surface area (Å²) in [6.07, 6.45) is 2.75. The van der Waals surface area contributed by atoms with Crippen LogP contribution >= 0.6 is 11.8 Å². The van der Waals surface area contributed by atoms with Crippen molar-refractivity contribution in [3.63, 3.8) is 0 Å². The van der Waals surface area contributed by atoms with E-state index in [0.717, 1.165) is 31.9 Å². The first kappa shape index (κ1) is 17.6. The van der Waals surface area contributed by atoms with Gasteiger partial charge in [0.1, 0.15) is 0 Å². The Balaban J connectivity index is 1.58. The van der Waals surface area contributed by atoms with Crippen molar-refractivity contribution in [3.8, 4) is 0 Å². The maximum absolute atomic E-state index is 11.9. The Morgan fingerprint density at radius 2 is 2.22 bits per heavy atom. The number of ether oxygens (including phenoxy) is 1. The van der Waals surface area contributed by atoms with E-state index in [0.29, 0.717) is 29.1 Å². The van der Waals surface area contributed by atoms with E-state index in [4.69, 9.17) is 4.74 Å². The van der Waals surface area contributed by atoms with E-state index in [9.17, 15) is 4.79 Å². The maximum Gasteiger partial charge on any atom is 0.230 e. The highest BCUT2D eigenvalue weighted by atomic mass is 32.2. The van der Waals surface area contributed by atoms with Crippen LogP contribution in [0.15, 0.2) is 0 Å². The Kier molecular flexibility index (Phi) is 5.01. The lowest BCUT2D eigenvalue weighted by atomic mass is 9.73. The number of fused-ring (bicyclic) bond motifs is 1. The van der Waals surface area contributed by atoms with Crippen LogP contribution in [0.2, 0.25) is 0 Å². The highest BCUT2D eigenvalue weighted by Gasteiger charge is 2.62. The molecule has 0 aromatic carbocycles. The molecule has 0 radical (unpaired) electrons. The SMILES string of the molecule is CCSCC(=O)NC[C@H]1[C@H]2CN(CC(C)(C)C)C[C@]23CC[C@H]1O3. The van der Waals surface area contributed by atoms with E-state index in [-0.39, 0.29) is 11.5 Å². The number of carbonyl (C=O) groups excluding carboxylic acids is 1. The number of nitrogens with zero attached hydrogens (tertiary/aromatic N) is 1. The third kappa shape index (κ3) is 3.72. The molecule has 1 N–H and O–H groups in total. The van der Waals surface area contributed by atoms with E-state index in [1.807, 2.05) is 0 Å². The Bertz CT molecular complexity index is 451. The van der Waals surface area contributed by atoms with Gasteiger partial charge in [-0.3, -0.25) is 9.69 Å². The minimum absolute atomic E-state index is 0.0868. The number of carbonyl (C=O) groups is 1. The zero-order valence-corrected chi connectivity index (χ0v) is 15.9. The fraction of sp³-hybridized carbons (Fsp3) is 0.944. The molecule has 3 saturated heterocycles. The van der Waals surface area contributed by atoms with Gasteiger partial charge < -0.3 is 10.1 Å². The fourth-order valence-electron chi connectivity index (χ4n) is 4.83. The predicted octanol–water partition coefficient (Wildman–Crippen LogP) is 2.38. The lowest BCUT2D eigenvalue weighted by Gasteiger charge is -2.29. The molecular formula is C18H32N2O2S. The smallest absolute Gasteiger partial charge is 0.230 e. The Morgan fingerprint density at radius 3 is 2.91 bits per heavy atom. The third-order valence-corrected chi connectivity index (χ3v) is 6.40. The molecule has 0 aromatic rings. The average molecular weight is 341 g/mol. The van der Waals surface area contributed by atoms with Crippen LogP contribution in [-0.2, 0) is 9.53 Å². The van der Waals surface area contributed by atoms with Crippen LogP contribution in [0.4, 0.5) is 0 Å². The molecule has 4 nitrogen and oxygen atoms in total. The van der Waals surface area contributed by atoms with Crippen LogP contribution in [-0.4, -0.2) is 60.2 Å². The summed E-state index contributed by atoms with van der Waals surface area (Å²) in [4.78, 5) is 14.5. The second-order valence-electron chi connectivity index (χ2n) is 8.70. The summed E-state index contributed by atoms with van der Waals surface area (Å²) in [7, 11) is 0. The van der Waals surface area contributed by atoms with Gasteiger partial charge in [-0.1, -0.05) is 27.7 Å². The minimum atomic E-state index is 0.0868. The van der Waals surface area contributed by atoms with Crippen molar-refractivity contribution < 1.29 is 9.53 Å². The zero-order chi connectivity index (χ0) is 16.7. The van der Waals surface area contributed by atoms with E-state index in [2.05, 4.69) is 37.9 Å². The van der Waals surface area contributed by atoms with Gasteiger partial charge in [-0.15, -0.1) is 0 Å². The Labute approximate surface area is 145 Å². The largest absolute Gasteiger partial charge is 0.370 e. The second kappa shape index (κ2) is 6.57. The standard InChI is InChI=1S/C18H32N2O2S/c1-5-23-10-16(21)19-8-13-14-9-20(11-17(2,3)4)12-18(14)7-6-15(13)22-18/h13-15H,5-12H2,1-4H3,(H,19,21)/t13-,14+,15+,18+/m0/s1. The molecule has 3 aliphatic heterocycles. The summed E-state index contributed by atoms with van der Waals surface area (Å²) >= 11 is 1.69. The second-order valence-corrected chi connectivity index (χ2v) is 9.98. The van der Waals surface area contributed by atoms with Crippen LogP contribution in [0.25, 0.3) is 0 Å². The van der Waals surface area contributed by atoms with Gasteiger partial charge in [0, 0.05) is 38.0 Å². The normalized spacial score (nSPS) is 36.4. The summed E-state index contributed by atoms with van der Waals surface area (Å²) in [5.74, 6) is 2.86. The van der Waals surface area contributed by atoms with Crippen molar-refractivity contribution in [1.29, 1.82) is 0 Å². The predicted molar refractivity (Wildman–Crippen MR) is 95.7 cm³/mol. The van der Waals surface area contributed by atoms with Crippen LogP contribution in [0.3, 0.4) is 0 Å². The van der Waals surface area contributed by atoms with Gasteiger partial charge in [0.2, 0.25) is 5.91 Å². The van der Waals surface area contributed by atoms with Crippen molar-refractivity contribution in [1.82, 2.24) is 10.2 Å². The first-order valence-electron chi connectivity index (χ1n) is 9.07. The van der Waals surface area contributed by atoms with Crippen LogP contribution in [0, 0.1) is 17.3 Å². The number of nitrogens with one attached hydrogen (secondary N) is 1. The molecule has 3 heterocycles. The highest BCUT2D eigenvalue weighted by molar-refractivity contribution is 7.99. The first-order valence-corrected chi connectivity index (χ1v) is 10.2. The van der Waals surface area contributed by atoms with Crippen molar-refractivity contribution in [2.75, 3.05) is 37.7 Å². The summed E-state index contributed by atoms with van der Waals surface area (Å²) in [5, 5.41) is 3.16. The number of amides is 1. The van der Waals surface area contributed by atoms with Crippen molar-refractivity contribution in [3.05, 3.63) is 0 Å². The maximum atomic E-state index is 11.9. The van der Waals surface area contributed by atoms with Gasteiger partial charge in [-0.25, -0.2) is 0 Å². The van der Waals surface area contributed by atoms with E-state index in [1.54, 1.807) is 11.8 Å². The molecule has 132 valence electrons. The molecule has 4 atom stereocenters. The molecule has 3 aliphatic rings. The summed E-state index contributed by atoms with van der Waals surface area (Å²) in [5.41, 5.74) is 0.415. The number of hydrogen-bond donors (Lipinski definition) is 1. The van der Waals surface area contributed by atoms with Crippen molar-refractivity contribution in [2.45, 2.75) is 52.2 Å². The van der Waals surface area contributed by atoms with Gasteiger partial charge >= 0.3 is 0 Å². The van der Waals surface area contributed by atoms with Crippen molar-refractivity contribution in [2.24, 2.45) is 17.3 Å². The summed E-state index contributed by atoms with van der Waals surface area (Å²) in [6.45, 7) is 13.2. The average Bonchev–Trinajstić information content (AvgIpc) is 3.08. The molecule has 0 aliphatic carbocycles. The van der Waals surface area contributed by atoms with Crippen LogP contribution < -0.4 is 5.32 Å². The summed E-state index contributed by atoms with van der Waals surface area (Å²) < 4.78 is 6.46. The van der Waals surface area contributed by atoms with E-state index >= 15 is 0 Å². The fourth-order valence-corrected chi connectivity index (χ4v) is 5.32. The molecular weight excluding hydrogens is 308 g/mol. The highest BCUT2D eigenvalue weighted by Crippen LogP contribution is 2.54. The number of thioether (sulfide) groups is 1. The number of rotatable bonds is 6. The molecule has 3 fully saturated rings. The molecule has 1 spiro atoms. The van der Waals surface area contributed by atoms with Gasteiger partial charge in [0.15, 0.2) is 0 Å². The molecule has 2 bridgehead atoms. The van der Waals surface area contributed by atoms with Gasteiger partial charge in [0.05, 0.1) is 17.5 Å².